The Labute approximate surface area is 142 Å². The zero-order valence-corrected chi connectivity index (χ0v) is 14.0. The molecule has 1 atom stereocenters. The molecule has 0 saturated carbocycles. The molecule has 0 bridgehead atoms. The lowest BCUT2D eigenvalue weighted by molar-refractivity contribution is -0.137. The van der Waals surface area contributed by atoms with E-state index in [0.717, 1.165) is 22.7 Å². The van der Waals surface area contributed by atoms with Gasteiger partial charge in [-0.25, -0.2) is 0 Å². The quantitative estimate of drug-likeness (QED) is 0.753. The number of anilines is 2. The Morgan fingerprint density at radius 1 is 1.08 bits per heavy atom. The van der Waals surface area contributed by atoms with E-state index in [1.807, 2.05) is 30.5 Å². The molecule has 2 aromatic carbocycles. The minimum Gasteiger partial charge on any atom is -0.374 e. The maximum Gasteiger partial charge on any atom is 0.416 e. The van der Waals surface area contributed by atoms with Gasteiger partial charge in [-0.05, 0) is 55.6 Å². The van der Waals surface area contributed by atoms with Gasteiger partial charge in [0.15, 0.2) is 0 Å². The van der Waals surface area contributed by atoms with Gasteiger partial charge in [-0.15, -0.1) is 11.8 Å². The molecule has 0 spiro atoms. The van der Waals surface area contributed by atoms with Crippen LogP contribution in [0.5, 0.6) is 0 Å². The lowest BCUT2D eigenvalue weighted by Crippen LogP contribution is -2.31. The smallest absolute Gasteiger partial charge is 0.374 e. The molecule has 24 heavy (non-hydrogen) atoms. The van der Waals surface area contributed by atoms with E-state index in [2.05, 4.69) is 10.6 Å². The molecule has 0 aliphatic carbocycles. The third-order valence-electron chi connectivity index (χ3n) is 3.33. The second-order valence-corrected chi connectivity index (χ2v) is 6.04. The van der Waals surface area contributed by atoms with Crippen LogP contribution in [-0.2, 0) is 11.0 Å². The average molecular weight is 354 g/mol. The Hall–Kier alpha value is -2.15. The number of hydrogen-bond donors (Lipinski definition) is 2. The highest BCUT2D eigenvalue weighted by molar-refractivity contribution is 7.98. The molecule has 2 N–H and O–H groups in total. The Morgan fingerprint density at radius 3 is 2.33 bits per heavy atom. The maximum atomic E-state index is 12.5. The molecule has 0 saturated heterocycles. The Balaban J connectivity index is 1.98. The lowest BCUT2D eigenvalue weighted by atomic mass is 10.2. The van der Waals surface area contributed by atoms with Crippen molar-refractivity contribution in [3.05, 3.63) is 54.1 Å². The minimum absolute atomic E-state index is 0.319. The Morgan fingerprint density at radius 2 is 1.75 bits per heavy atom. The van der Waals surface area contributed by atoms with Crippen molar-refractivity contribution in [2.24, 2.45) is 0 Å². The average Bonchev–Trinajstić information content (AvgIpc) is 2.54. The fourth-order valence-corrected chi connectivity index (χ4v) is 2.48. The first-order chi connectivity index (χ1) is 11.3. The summed E-state index contributed by atoms with van der Waals surface area (Å²) < 4.78 is 37.5. The van der Waals surface area contributed by atoms with Gasteiger partial charge in [-0.3, -0.25) is 4.79 Å². The molecule has 2 aromatic rings. The number of thioether (sulfide) groups is 1. The third-order valence-corrected chi connectivity index (χ3v) is 4.05. The van der Waals surface area contributed by atoms with Gasteiger partial charge in [0.1, 0.15) is 6.04 Å². The van der Waals surface area contributed by atoms with E-state index in [4.69, 9.17) is 0 Å². The molecule has 1 amide bonds. The summed E-state index contributed by atoms with van der Waals surface area (Å²) in [7, 11) is 0. The van der Waals surface area contributed by atoms with Crippen molar-refractivity contribution < 1.29 is 18.0 Å². The molecule has 2 rings (SSSR count). The standard InChI is InChI=1S/C17H17F3N2OS/c1-11(21-14-4-3-5-15(10-14)24-2)16(23)22-13-8-6-12(7-9-13)17(18,19)20/h3-11,21H,1-2H3,(H,22,23)/t11-/m1/s1. The van der Waals surface area contributed by atoms with Crippen molar-refractivity contribution in [2.45, 2.75) is 24.0 Å². The van der Waals surface area contributed by atoms with Crippen molar-refractivity contribution in [1.82, 2.24) is 0 Å². The second kappa shape index (κ2) is 7.61. The molecule has 0 fully saturated rings. The predicted molar refractivity (Wildman–Crippen MR) is 91.4 cm³/mol. The predicted octanol–water partition coefficient (Wildman–Crippen LogP) is 4.87. The number of carbonyl (C=O) groups excluding carboxylic acids is 1. The normalized spacial score (nSPS) is 12.5. The molecule has 3 nitrogen and oxygen atoms in total. The van der Waals surface area contributed by atoms with Gasteiger partial charge in [-0.1, -0.05) is 6.07 Å². The first-order valence-corrected chi connectivity index (χ1v) is 8.41. The van der Waals surface area contributed by atoms with E-state index >= 15 is 0 Å². The number of benzene rings is 2. The number of rotatable bonds is 5. The Kier molecular flexibility index (Phi) is 5.77. The fourth-order valence-electron chi connectivity index (χ4n) is 2.02. The Bertz CT molecular complexity index is 702. The lowest BCUT2D eigenvalue weighted by Gasteiger charge is -2.16. The number of nitrogens with one attached hydrogen (secondary N) is 2. The topological polar surface area (TPSA) is 41.1 Å². The number of hydrogen-bond acceptors (Lipinski definition) is 3. The van der Waals surface area contributed by atoms with Crippen LogP contribution in [0.1, 0.15) is 12.5 Å². The van der Waals surface area contributed by atoms with Crippen LogP contribution in [0.25, 0.3) is 0 Å². The largest absolute Gasteiger partial charge is 0.416 e. The second-order valence-electron chi connectivity index (χ2n) is 5.16. The van der Waals surface area contributed by atoms with E-state index in [1.165, 1.54) is 12.1 Å². The molecule has 7 heteroatoms. The van der Waals surface area contributed by atoms with Crippen LogP contribution in [0.2, 0.25) is 0 Å². The van der Waals surface area contributed by atoms with Crippen LogP contribution in [0.3, 0.4) is 0 Å². The summed E-state index contributed by atoms with van der Waals surface area (Å²) in [5.74, 6) is -0.329. The molecule has 128 valence electrons. The third kappa shape index (κ3) is 4.92. The number of carbonyl (C=O) groups is 1. The zero-order valence-electron chi connectivity index (χ0n) is 13.1. The minimum atomic E-state index is -4.39. The summed E-state index contributed by atoms with van der Waals surface area (Å²) in [6.07, 6.45) is -2.43. The molecule has 0 radical (unpaired) electrons. The number of alkyl halides is 3. The molecule has 0 aliphatic heterocycles. The summed E-state index contributed by atoms with van der Waals surface area (Å²) in [6, 6.07) is 11.4. The molecular formula is C17H17F3N2OS. The number of halogens is 3. The van der Waals surface area contributed by atoms with Gasteiger partial charge in [0.2, 0.25) is 5.91 Å². The van der Waals surface area contributed by atoms with Crippen LogP contribution in [0.15, 0.2) is 53.4 Å². The van der Waals surface area contributed by atoms with Gasteiger partial charge >= 0.3 is 6.18 Å². The fraction of sp³-hybridized carbons (Fsp3) is 0.235. The van der Waals surface area contributed by atoms with Gasteiger partial charge in [0, 0.05) is 16.3 Å². The highest BCUT2D eigenvalue weighted by atomic mass is 32.2. The summed E-state index contributed by atoms with van der Waals surface area (Å²) in [4.78, 5) is 13.2. The van der Waals surface area contributed by atoms with Crippen molar-refractivity contribution in [2.75, 3.05) is 16.9 Å². The van der Waals surface area contributed by atoms with E-state index in [1.54, 1.807) is 18.7 Å². The van der Waals surface area contributed by atoms with Gasteiger partial charge < -0.3 is 10.6 Å². The van der Waals surface area contributed by atoms with Gasteiger partial charge in [-0.2, -0.15) is 13.2 Å². The first-order valence-electron chi connectivity index (χ1n) is 7.18. The van der Waals surface area contributed by atoms with Crippen LogP contribution in [0, 0.1) is 0 Å². The first kappa shape index (κ1) is 18.2. The summed E-state index contributed by atoms with van der Waals surface area (Å²) in [5, 5.41) is 5.66. The highest BCUT2D eigenvalue weighted by Gasteiger charge is 2.30. The SMILES string of the molecule is CSc1cccc(N[C@H](C)C(=O)Nc2ccc(C(F)(F)F)cc2)c1. The van der Waals surface area contributed by atoms with E-state index in [0.29, 0.717) is 5.69 Å². The van der Waals surface area contributed by atoms with E-state index < -0.39 is 17.8 Å². The van der Waals surface area contributed by atoms with Crippen LogP contribution in [-0.4, -0.2) is 18.2 Å². The van der Waals surface area contributed by atoms with Crippen molar-refractivity contribution in [3.63, 3.8) is 0 Å². The van der Waals surface area contributed by atoms with E-state index in [9.17, 15) is 18.0 Å². The van der Waals surface area contributed by atoms with Gasteiger partial charge in [0.25, 0.3) is 0 Å². The molecule has 0 unspecified atom stereocenters. The van der Waals surface area contributed by atoms with E-state index in [-0.39, 0.29) is 5.91 Å². The van der Waals surface area contributed by atoms with Crippen molar-refractivity contribution >= 4 is 29.0 Å². The summed E-state index contributed by atoms with van der Waals surface area (Å²) in [5.41, 5.74) is 0.372. The molecule has 0 aliphatic rings. The zero-order chi connectivity index (χ0) is 17.7. The molecular weight excluding hydrogens is 337 g/mol. The molecule has 0 heterocycles. The summed E-state index contributed by atoms with van der Waals surface area (Å²) in [6.45, 7) is 1.69. The van der Waals surface area contributed by atoms with Crippen molar-refractivity contribution in [1.29, 1.82) is 0 Å². The summed E-state index contributed by atoms with van der Waals surface area (Å²) >= 11 is 1.59. The number of amides is 1. The van der Waals surface area contributed by atoms with Crippen LogP contribution < -0.4 is 10.6 Å². The van der Waals surface area contributed by atoms with Crippen molar-refractivity contribution in [3.8, 4) is 0 Å². The molecule has 0 aromatic heterocycles. The van der Waals surface area contributed by atoms with Gasteiger partial charge in [0.05, 0.1) is 5.56 Å². The monoisotopic (exact) mass is 354 g/mol. The van der Waals surface area contributed by atoms with Crippen LogP contribution >= 0.6 is 11.8 Å². The highest BCUT2D eigenvalue weighted by Crippen LogP contribution is 2.29. The maximum absolute atomic E-state index is 12.5. The van der Waals surface area contributed by atoms with Crippen LogP contribution in [0.4, 0.5) is 24.5 Å².